The van der Waals surface area contributed by atoms with Crippen molar-refractivity contribution in [1.82, 2.24) is 4.98 Å². The van der Waals surface area contributed by atoms with E-state index in [1.807, 2.05) is 12.1 Å². The highest BCUT2D eigenvalue weighted by Crippen LogP contribution is 2.29. The van der Waals surface area contributed by atoms with E-state index in [0.29, 0.717) is 37.5 Å². The van der Waals surface area contributed by atoms with Gasteiger partial charge in [0.1, 0.15) is 0 Å². The van der Waals surface area contributed by atoms with Crippen LogP contribution in [-0.2, 0) is 14.8 Å². The minimum atomic E-state index is -3.84. The average Bonchev–Trinajstić information content (AvgIpc) is 3.02. The number of aromatic amines is 1. The smallest absolute Gasteiger partial charge is 0.408 e. The second kappa shape index (κ2) is 6.50. The second-order valence-corrected chi connectivity index (χ2v) is 7.58. The molecule has 0 spiro atoms. The molecule has 2 heterocycles. The van der Waals surface area contributed by atoms with Crippen molar-refractivity contribution in [3.63, 3.8) is 0 Å². The third-order valence-corrected chi connectivity index (χ3v) is 5.57. The van der Waals surface area contributed by atoms with Crippen molar-refractivity contribution in [1.29, 1.82) is 0 Å². The summed E-state index contributed by atoms with van der Waals surface area (Å²) in [6, 6.07) is 11.5. The van der Waals surface area contributed by atoms with Gasteiger partial charge in [0.15, 0.2) is 5.58 Å². The normalized spacial score (nSPS) is 15.3. The van der Waals surface area contributed by atoms with Gasteiger partial charge in [0.05, 0.1) is 35.0 Å². The van der Waals surface area contributed by atoms with Crippen LogP contribution in [0.1, 0.15) is 0 Å². The van der Waals surface area contributed by atoms with Gasteiger partial charge in [-0.25, -0.2) is 13.2 Å². The Kier molecular flexibility index (Phi) is 4.17. The largest absolute Gasteiger partial charge is 0.417 e. The average molecular weight is 375 g/mol. The molecule has 26 heavy (non-hydrogen) atoms. The molecule has 2 N–H and O–H groups in total. The quantitative estimate of drug-likeness (QED) is 0.720. The van der Waals surface area contributed by atoms with E-state index >= 15 is 0 Å². The van der Waals surface area contributed by atoms with Crippen LogP contribution < -0.4 is 15.4 Å². The second-order valence-electron chi connectivity index (χ2n) is 5.89. The number of ether oxygens (including phenoxy) is 1. The zero-order valence-electron chi connectivity index (χ0n) is 13.8. The molecule has 136 valence electrons. The maximum Gasteiger partial charge on any atom is 0.417 e. The number of anilines is 2. The van der Waals surface area contributed by atoms with Crippen LogP contribution in [0, 0.1) is 0 Å². The first kappa shape index (κ1) is 16.7. The van der Waals surface area contributed by atoms with E-state index in [1.54, 1.807) is 12.1 Å². The van der Waals surface area contributed by atoms with E-state index < -0.39 is 15.8 Å². The number of nitrogens with one attached hydrogen (secondary N) is 2. The third kappa shape index (κ3) is 3.18. The van der Waals surface area contributed by atoms with Crippen LogP contribution in [0.2, 0.25) is 0 Å². The minimum Gasteiger partial charge on any atom is -0.408 e. The van der Waals surface area contributed by atoms with Gasteiger partial charge in [0, 0.05) is 19.2 Å². The lowest BCUT2D eigenvalue weighted by atomic mass is 10.2. The molecule has 0 amide bonds. The van der Waals surface area contributed by atoms with Crippen LogP contribution in [0.15, 0.2) is 56.6 Å². The molecule has 0 radical (unpaired) electrons. The number of nitrogens with zero attached hydrogens (tertiary/aromatic N) is 1. The first-order valence-corrected chi connectivity index (χ1v) is 9.59. The lowest BCUT2D eigenvalue weighted by Crippen LogP contribution is -2.36. The van der Waals surface area contributed by atoms with Crippen molar-refractivity contribution in [2.24, 2.45) is 0 Å². The van der Waals surface area contributed by atoms with E-state index in [1.165, 1.54) is 18.2 Å². The van der Waals surface area contributed by atoms with E-state index in [2.05, 4.69) is 14.6 Å². The SMILES string of the molecule is O=c1[nH]c2ccc(S(=O)(=O)Nc3ccccc3N3CCOCC3)cc2o1. The highest BCUT2D eigenvalue weighted by atomic mass is 32.2. The number of oxazole rings is 1. The number of hydrogen-bond donors (Lipinski definition) is 2. The van der Waals surface area contributed by atoms with Crippen LogP contribution in [0.25, 0.3) is 11.1 Å². The van der Waals surface area contributed by atoms with Crippen molar-refractivity contribution < 1.29 is 17.6 Å². The highest BCUT2D eigenvalue weighted by molar-refractivity contribution is 7.92. The predicted molar refractivity (Wildman–Crippen MR) is 97.1 cm³/mol. The number of hydrogen-bond acceptors (Lipinski definition) is 6. The van der Waals surface area contributed by atoms with E-state index in [4.69, 9.17) is 9.15 Å². The molecule has 0 atom stereocenters. The van der Waals surface area contributed by atoms with Crippen molar-refractivity contribution in [2.45, 2.75) is 4.90 Å². The van der Waals surface area contributed by atoms with Gasteiger partial charge in [0.2, 0.25) is 0 Å². The summed E-state index contributed by atoms with van der Waals surface area (Å²) in [6.07, 6.45) is 0. The Morgan fingerprint density at radius 2 is 1.85 bits per heavy atom. The van der Waals surface area contributed by atoms with Gasteiger partial charge in [-0.1, -0.05) is 12.1 Å². The molecule has 1 fully saturated rings. The maximum absolute atomic E-state index is 12.8. The number of sulfonamides is 1. The molecule has 0 bridgehead atoms. The molecule has 0 saturated carbocycles. The zero-order valence-corrected chi connectivity index (χ0v) is 14.6. The standard InChI is InChI=1S/C17H17N3O5S/c21-17-18-14-6-5-12(11-16(14)25-17)26(22,23)19-13-3-1-2-4-15(13)20-7-9-24-10-8-20/h1-6,11,19H,7-10H2,(H,18,21). The summed E-state index contributed by atoms with van der Waals surface area (Å²) in [5, 5.41) is 0. The molecule has 0 unspecified atom stereocenters. The van der Waals surface area contributed by atoms with Crippen LogP contribution >= 0.6 is 0 Å². The van der Waals surface area contributed by atoms with Gasteiger partial charge in [-0.15, -0.1) is 0 Å². The third-order valence-electron chi connectivity index (χ3n) is 4.20. The van der Waals surface area contributed by atoms with Gasteiger partial charge in [-0.3, -0.25) is 9.71 Å². The van der Waals surface area contributed by atoms with Gasteiger partial charge in [-0.2, -0.15) is 0 Å². The van der Waals surface area contributed by atoms with Crippen molar-refractivity contribution >= 4 is 32.5 Å². The summed E-state index contributed by atoms with van der Waals surface area (Å²) in [7, 11) is -3.84. The molecule has 1 aliphatic heterocycles. The summed E-state index contributed by atoms with van der Waals surface area (Å²) in [5.41, 5.74) is 1.93. The lowest BCUT2D eigenvalue weighted by molar-refractivity contribution is 0.123. The Hall–Kier alpha value is -2.78. The molecule has 1 aromatic heterocycles. The fraction of sp³-hybridized carbons (Fsp3) is 0.235. The van der Waals surface area contributed by atoms with Gasteiger partial charge in [0.25, 0.3) is 10.0 Å². The number of benzene rings is 2. The van der Waals surface area contributed by atoms with Gasteiger partial charge < -0.3 is 14.1 Å². The van der Waals surface area contributed by atoms with E-state index in [-0.39, 0.29) is 10.5 Å². The number of H-pyrrole nitrogens is 1. The topological polar surface area (TPSA) is 105 Å². The Morgan fingerprint density at radius 1 is 1.08 bits per heavy atom. The Labute approximate surface area is 149 Å². The maximum atomic E-state index is 12.8. The molecule has 2 aromatic carbocycles. The van der Waals surface area contributed by atoms with Crippen LogP contribution in [0.4, 0.5) is 11.4 Å². The fourth-order valence-electron chi connectivity index (χ4n) is 2.94. The number of rotatable bonds is 4. The molecule has 3 aromatic rings. The monoisotopic (exact) mass is 375 g/mol. The van der Waals surface area contributed by atoms with E-state index in [0.717, 1.165) is 5.69 Å². The molecule has 4 rings (SSSR count). The number of para-hydroxylation sites is 2. The highest BCUT2D eigenvalue weighted by Gasteiger charge is 2.20. The molecule has 8 nitrogen and oxygen atoms in total. The first-order valence-electron chi connectivity index (χ1n) is 8.10. The Bertz CT molecular complexity index is 1100. The van der Waals surface area contributed by atoms with Crippen molar-refractivity contribution in [3.05, 3.63) is 53.0 Å². The zero-order chi connectivity index (χ0) is 18.1. The Balaban J connectivity index is 1.68. The molecule has 0 aliphatic carbocycles. The Morgan fingerprint density at radius 3 is 2.65 bits per heavy atom. The lowest BCUT2D eigenvalue weighted by Gasteiger charge is -2.30. The summed E-state index contributed by atoms with van der Waals surface area (Å²) in [4.78, 5) is 15.8. The summed E-state index contributed by atoms with van der Waals surface area (Å²) in [6.45, 7) is 2.59. The first-order chi connectivity index (χ1) is 12.5. The van der Waals surface area contributed by atoms with Crippen LogP contribution in [0.3, 0.4) is 0 Å². The molecular formula is C17H17N3O5S. The fourth-order valence-corrected chi connectivity index (χ4v) is 4.03. The van der Waals surface area contributed by atoms with Gasteiger partial charge in [-0.05, 0) is 24.3 Å². The minimum absolute atomic E-state index is 0.0181. The molecular weight excluding hydrogens is 358 g/mol. The van der Waals surface area contributed by atoms with Crippen molar-refractivity contribution in [3.8, 4) is 0 Å². The number of fused-ring (bicyclic) bond motifs is 1. The summed E-state index contributed by atoms with van der Waals surface area (Å²) < 4.78 is 38.5. The number of morpholine rings is 1. The van der Waals surface area contributed by atoms with Crippen LogP contribution in [-0.4, -0.2) is 39.7 Å². The summed E-state index contributed by atoms with van der Waals surface area (Å²) in [5.74, 6) is -0.625. The molecule has 9 heteroatoms. The molecule has 1 saturated heterocycles. The van der Waals surface area contributed by atoms with Gasteiger partial charge >= 0.3 is 5.76 Å². The number of aromatic nitrogens is 1. The predicted octanol–water partition coefficient (Wildman–Crippen LogP) is 1.76. The van der Waals surface area contributed by atoms with Crippen LogP contribution in [0.5, 0.6) is 0 Å². The summed E-state index contributed by atoms with van der Waals surface area (Å²) >= 11 is 0. The van der Waals surface area contributed by atoms with E-state index in [9.17, 15) is 13.2 Å². The molecule has 1 aliphatic rings. The van der Waals surface area contributed by atoms with Crippen molar-refractivity contribution in [2.75, 3.05) is 35.9 Å².